The van der Waals surface area contributed by atoms with Gasteiger partial charge in [-0.05, 0) is 57.3 Å². The number of para-hydroxylation sites is 2. The van der Waals surface area contributed by atoms with Crippen molar-refractivity contribution < 1.29 is 19.1 Å². The lowest BCUT2D eigenvalue weighted by molar-refractivity contribution is -0.135. The number of aryl methyl sites for hydroxylation is 1. The zero-order valence-corrected chi connectivity index (χ0v) is 20.1. The Bertz CT molecular complexity index is 1080. The minimum atomic E-state index is -0.846. The van der Waals surface area contributed by atoms with Crippen LogP contribution in [0.5, 0.6) is 11.5 Å². The molecule has 3 aliphatic rings. The second kappa shape index (κ2) is 8.94. The molecule has 1 aromatic heterocycles. The van der Waals surface area contributed by atoms with Gasteiger partial charge in [-0.2, -0.15) is 5.10 Å². The average Bonchev–Trinajstić information content (AvgIpc) is 3.30. The third-order valence-electron chi connectivity index (χ3n) is 7.73. The molecule has 0 bridgehead atoms. The van der Waals surface area contributed by atoms with Crippen molar-refractivity contribution in [1.82, 2.24) is 24.9 Å². The molecule has 1 N–H and O–H groups in total. The maximum atomic E-state index is 13.6. The number of nitrogens with zero attached hydrogens (tertiary/aromatic N) is 4. The second-order valence-electron chi connectivity index (χ2n) is 9.60. The first kappa shape index (κ1) is 22.7. The highest BCUT2D eigenvalue weighted by Gasteiger charge is 2.55. The average molecular weight is 468 g/mol. The van der Waals surface area contributed by atoms with Crippen LogP contribution < -0.4 is 14.8 Å². The predicted octanol–water partition coefficient (Wildman–Crippen LogP) is 2.48. The van der Waals surface area contributed by atoms with Gasteiger partial charge in [0, 0.05) is 24.8 Å². The highest BCUT2D eigenvalue weighted by molar-refractivity contribution is 6.07. The molecular formula is C25H33N5O4. The van der Waals surface area contributed by atoms with Gasteiger partial charge in [0.25, 0.3) is 5.91 Å². The molecule has 2 atom stereocenters. The third-order valence-corrected chi connectivity index (χ3v) is 7.73. The Morgan fingerprint density at radius 3 is 2.59 bits per heavy atom. The highest BCUT2D eigenvalue weighted by atomic mass is 16.6. The minimum absolute atomic E-state index is 0.106. The van der Waals surface area contributed by atoms with E-state index in [1.54, 1.807) is 0 Å². The van der Waals surface area contributed by atoms with Crippen LogP contribution in [0.1, 0.15) is 37.4 Å². The van der Waals surface area contributed by atoms with Gasteiger partial charge < -0.3 is 14.8 Å². The number of hydrogen-bond acceptors (Lipinski definition) is 6. The van der Waals surface area contributed by atoms with E-state index >= 15 is 0 Å². The van der Waals surface area contributed by atoms with Crippen LogP contribution in [0.15, 0.2) is 30.5 Å². The summed E-state index contributed by atoms with van der Waals surface area (Å²) in [5, 5.41) is 7.43. The van der Waals surface area contributed by atoms with Gasteiger partial charge >= 0.3 is 6.03 Å². The smallest absolute Gasteiger partial charge is 0.325 e. The van der Waals surface area contributed by atoms with Gasteiger partial charge in [0.1, 0.15) is 12.1 Å². The normalized spacial score (nSPS) is 25.6. The first-order valence-corrected chi connectivity index (χ1v) is 12.1. The zero-order chi connectivity index (χ0) is 23.9. The summed E-state index contributed by atoms with van der Waals surface area (Å²) in [6.45, 7) is 7.20. The lowest BCUT2D eigenvalue weighted by Crippen LogP contribution is -2.56. The number of imide groups is 1. The first-order valence-electron chi connectivity index (χ1n) is 12.1. The van der Waals surface area contributed by atoms with E-state index in [9.17, 15) is 9.59 Å². The molecule has 0 spiro atoms. The Balaban J connectivity index is 1.23. The number of likely N-dealkylation sites (tertiary alicyclic amines) is 1. The Hall–Kier alpha value is -3.07. The van der Waals surface area contributed by atoms with E-state index in [2.05, 4.69) is 22.2 Å². The van der Waals surface area contributed by atoms with E-state index < -0.39 is 5.54 Å². The molecule has 5 rings (SSSR count). The maximum Gasteiger partial charge on any atom is 0.325 e. The van der Waals surface area contributed by atoms with E-state index in [0.717, 1.165) is 32.5 Å². The SMILES string of the molecule is CC[C@@]1(C2CCN(Cc3cnn(C)c3C)CC2)NC(=O)N(C[C@H]2COc3ccccc3O2)C1=O. The van der Waals surface area contributed by atoms with Crippen LogP contribution in [0.25, 0.3) is 0 Å². The number of hydrogen-bond donors (Lipinski definition) is 1. The molecule has 2 fully saturated rings. The number of benzene rings is 1. The first-order chi connectivity index (χ1) is 16.4. The summed E-state index contributed by atoms with van der Waals surface area (Å²) in [7, 11) is 1.96. The van der Waals surface area contributed by atoms with Gasteiger partial charge in [-0.3, -0.25) is 19.3 Å². The van der Waals surface area contributed by atoms with Crippen molar-refractivity contribution in [2.24, 2.45) is 13.0 Å². The summed E-state index contributed by atoms with van der Waals surface area (Å²) in [6, 6.07) is 7.12. The monoisotopic (exact) mass is 467 g/mol. The summed E-state index contributed by atoms with van der Waals surface area (Å²) >= 11 is 0. The van der Waals surface area contributed by atoms with Gasteiger partial charge in [0.2, 0.25) is 0 Å². The van der Waals surface area contributed by atoms with Crippen molar-refractivity contribution in [3.8, 4) is 11.5 Å². The molecule has 0 saturated carbocycles. The summed E-state index contributed by atoms with van der Waals surface area (Å²) in [6.07, 6.45) is 3.85. The van der Waals surface area contributed by atoms with Crippen LogP contribution in [0, 0.1) is 12.8 Å². The molecule has 1 aromatic carbocycles. The molecule has 2 aromatic rings. The topological polar surface area (TPSA) is 88.9 Å². The number of rotatable bonds is 6. The van der Waals surface area contributed by atoms with Crippen LogP contribution in [0.4, 0.5) is 4.79 Å². The number of nitrogens with one attached hydrogen (secondary N) is 1. The van der Waals surface area contributed by atoms with E-state index in [0.29, 0.717) is 24.5 Å². The molecule has 9 nitrogen and oxygen atoms in total. The molecular weight excluding hydrogens is 434 g/mol. The van der Waals surface area contributed by atoms with Crippen molar-refractivity contribution in [3.63, 3.8) is 0 Å². The lowest BCUT2D eigenvalue weighted by atomic mass is 9.75. The largest absolute Gasteiger partial charge is 0.486 e. The number of fused-ring (bicyclic) bond motifs is 1. The number of urea groups is 1. The molecule has 4 heterocycles. The summed E-state index contributed by atoms with van der Waals surface area (Å²) in [5.74, 6) is 1.30. The van der Waals surface area contributed by atoms with E-state index in [1.165, 1.54) is 16.2 Å². The molecule has 182 valence electrons. The fraction of sp³-hybridized carbons (Fsp3) is 0.560. The Kier molecular flexibility index (Phi) is 5.97. The van der Waals surface area contributed by atoms with E-state index in [1.807, 2.05) is 49.1 Å². The van der Waals surface area contributed by atoms with Crippen molar-refractivity contribution in [2.45, 2.75) is 51.3 Å². The van der Waals surface area contributed by atoms with Gasteiger partial charge in [-0.1, -0.05) is 19.1 Å². The standard InChI is InChI=1S/C25H33N5O4/c1-4-25(19-9-11-29(12-10-19)14-18-13-26-28(3)17(18)2)23(31)30(24(32)27-25)15-20-16-33-21-7-5-6-8-22(21)34-20/h5-8,13,19-20H,4,9-12,14-16H2,1-3H3,(H,27,32)/t20-,25-/m0/s1. The molecule has 0 aliphatic carbocycles. The lowest BCUT2D eigenvalue weighted by Gasteiger charge is -2.40. The Morgan fingerprint density at radius 1 is 1.18 bits per heavy atom. The molecule has 9 heteroatoms. The number of aromatic nitrogens is 2. The molecule has 34 heavy (non-hydrogen) atoms. The molecule has 3 amide bonds. The summed E-state index contributed by atoms with van der Waals surface area (Å²) in [5.41, 5.74) is 1.57. The predicted molar refractivity (Wildman–Crippen MR) is 126 cm³/mol. The maximum absolute atomic E-state index is 13.6. The van der Waals surface area contributed by atoms with Crippen LogP contribution in [0.2, 0.25) is 0 Å². The second-order valence-corrected chi connectivity index (χ2v) is 9.60. The third kappa shape index (κ3) is 3.91. The van der Waals surface area contributed by atoms with E-state index in [-0.39, 0.29) is 30.5 Å². The van der Waals surface area contributed by atoms with Gasteiger partial charge in [-0.15, -0.1) is 0 Å². The van der Waals surface area contributed by atoms with Crippen LogP contribution in [-0.4, -0.2) is 69.4 Å². The van der Waals surface area contributed by atoms with Crippen molar-refractivity contribution in [2.75, 3.05) is 26.2 Å². The van der Waals surface area contributed by atoms with Gasteiger partial charge in [0.05, 0.1) is 12.7 Å². The molecule has 0 radical (unpaired) electrons. The van der Waals surface area contributed by atoms with Crippen LogP contribution >= 0.6 is 0 Å². The molecule has 3 aliphatic heterocycles. The van der Waals surface area contributed by atoms with Gasteiger partial charge in [-0.25, -0.2) is 4.79 Å². The number of amides is 3. The Morgan fingerprint density at radius 2 is 1.91 bits per heavy atom. The summed E-state index contributed by atoms with van der Waals surface area (Å²) in [4.78, 5) is 30.3. The van der Waals surface area contributed by atoms with Crippen molar-refractivity contribution >= 4 is 11.9 Å². The van der Waals surface area contributed by atoms with Gasteiger partial charge in [0.15, 0.2) is 17.6 Å². The number of ether oxygens (including phenoxy) is 2. The van der Waals surface area contributed by atoms with Crippen LogP contribution in [0.3, 0.4) is 0 Å². The number of carbonyl (C=O) groups excluding carboxylic acids is 2. The van der Waals surface area contributed by atoms with Crippen molar-refractivity contribution in [1.29, 1.82) is 0 Å². The quantitative estimate of drug-likeness (QED) is 0.657. The molecule has 0 unspecified atom stereocenters. The number of carbonyl (C=O) groups is 2. The zero-order valence-electron chi connectivity index (χ0n) is 20.1. The minimum Gasteiger partial charge on any atom is -0.486 e. The number of piperidine rings is 1. The Labute approximate surface area is 200 Å². The summed E-state index contributed by atoms with van der Waals surface area (Å²) < 4.78 is 13.7. The van der Waals surface area contributed by atoms with Crippen LogP contribution in [-0.2, 0) is 18.4 Å². The molecule has 2 saturated heterocycles. The fourth-order valence-electron chi connectivity index (χ4n) is 5.50. The van der Waals surface area contributed by atoms with Crippen molar-refractivity contribution in [3.05, 3.63) is 41.7 Å². The highest BCUT2D eigenvalue weighted by Crippen LogP contribution is 2.37. The van der Waals surface area contributed by atoms with E-state index in [4.69, 9.17) is 9.47 Å². The fourth-order valence-corrected chi connectivity index (χ4v) is 5.50.